The number of thioether (sulfide) groups is 2. The highest BCUT2D eigenvalue weighted by molar-refractivity contribution is 8.16. The van der Waals surface area contributed by atoms with Crippen LogP contribution >= 0.6 is 23.5 Å². The van der Waals surface area contributed by atoms with Gasteiger partial charge in [-0.1, -0.05) is 12.1 Å². The lowest BCUT2D eigenvalue weighted by molar-refractivity contribution is 0.102. The van der Waals surface area contributed by atoms with Crippen molar-refractivity contribution in [3.63, 3.8) is 0 Å². The Balaban J connectivity index is 1.58. The molecule has 4 rings (SSSR count). The van der Waals surface area contributed by atoms with Crippen molar-refractivity contribution in [2.75, 3.05) is 16.8 Å². The molecular weight excluding hydrogens is 379 g/mol. The first-order valence-electron chi connectivity index (χ1n) is 8.81. The summed E-state index contributed by atoms with van der Waals surface area (Å²) in [5.74, 6) is 1.82. The van der Waals surface area contributed by atoms with Crippen LogP contribution in [0.1, 0.15) is 32.6 Å². The van der Waals surface area contributed by atoms with E-state index >= 15 is 0 Å². The van der Waals surface area contributed by atoms with E-state index in [0.29, 0.717) is 21.4 Å². The first kappa shape index (κ1) is 18.3. The molecule has 1 aliphatic heterocycles. The lowest BCUT2D eigenvalue weighted by Gasteiger charge is -2.21. The number of carbonyl (C=O) groups is 1. The fourth-order valence-corrected chi connectivity index (χ4v) is 5.98. The number of anilines is 1. The van der Waals surface area contributed by atoms with Crippen LogP contribution in [0.3, 0.4) is 0 Å². The van der Waals surface area contributed by atoms with Crippen molar-refractivity contribution < 1.29 is 9.18 Å². The van der Waals surface area contributed by atoms with E-state index in [0.717, 1.165) is 11.1 Å². The smallest absolute Gasteiger partial charge is 0.257 e. The van der Waals surface area contributed by atoms with Crippen molar-refractivity contribution in [3.05, 3.63) is 71.2 Å². The average Bonchev–Trinajstić information content (AvgIpc) is 2.68. The SMILES string of the molecule is Cc1nc2cc(F)ccc2cc1C(=O)Nc1cccc(C2SCCCS2)c1. The molecule has 3 nitrogen and oxygen atoms in total. The fraction of sp³-hybridized carbons (Fsp3) is 0.238. The summed E-state index contributed by atoms with van der Waals surface area (Å²) in [5.41, 5.74) is 3.65. The van der Waals surface area contributed by atoms with Gasteiger partial charge in [0.25, 0.3) is 5.91 Å². The summed E-state index contributed by atoms with van der Waals surface area (Å²) in [6.45, 7) is 1.77. The number of pyridine rings is 1. The van der Waals surface area contributed by atoms with E-state index in [4.69, 9.17) is 0 Å². The number of fused-ring (bicyclic) bond motifs is 1. The summed E-state index contributed by atoms with van der Waals surface area (Å²) in [4.78, 5) is 17.2. The van der Waals surface area contributed by atoms with Crippen LogP contribution in [-0.2, 0) is 0 Å². The summed E-state index contributed by atoms with van der Waals surface area (Å²) < 4.78 is 13.8. The van der Waals surface area contributed by atoms with Crippen molar-refractivity contribution in [3.8, 4) is 0 Å². The molecule has 1 aliphatic rings. The first-order chi connectivity index (χ1) is 13.1. The summed E-state index contributed by atoms with van der Waals surface area (Å²) in [7, 11) is 0. The molecule has 0 bridgehead atoms. The van der Waals surface area contributed by atoms with Gasteiger partial charge in [-0.25, -0.2) is 4.39 Å². The molecule has 2 aromatic carbocycles. The molecule has 6 heteroatoms. The van der Waals surface area contributed by atoms with Crippen molar-refractivity contribution in [1.82, 2.24) is 4.98 Å². The van der Waals surface area contributed by atoms with Gasteiger partial charge in [-0.15, -0.1) is 23.5 Å². The molecular formula is C21H19FN2OS2. The molecule has 1 fully saturated rings. The van der Waals surface area contributed by atoms with Crippen LogP contribution in [-0.4, -0.2) is 22.4 Å². The van der Waals surface area contributed by atoms with Gasteiger partial charge in [0.05, 0.1) is 21.4 Å². The molecule has 0 saturated carbocycles. The Kier molecular flexibility index (Phi) is 5.36. The summed E-state index contributed by atoms with van der Waals surface area (Å²) >= 11 is 3.91. The number of hydrogen-bond acceptors (Lipinski definition) is 4. The van der Waals surface area contributed by atoms with Crippen molar-refractivity contribution >= 4 is 46.0 Å². The van der Waals surface area contributed by atoms with Gasteiger partial charge in [0.15, 0.2) is 0 Å². The molecule has 0 radical (unpaired) electrons. The van der Waals surface area contributed by atoms with Crippen molar-refractivity contribution in [2.24, 2.45) is 0 Å². The van der Waals surface area contributed by atoms with Crippen LogP contribution in [0.15, 0.2) is 48.5 Å². The maximum absolute atomic E-state index is 13.4. The molecule has 2 heterocycles. The summed E-state index contributed by atoms with van der Waals surface area (Å²) in [5, 5.41) is 3.73. The lowest BCUT2D eigenvalue weighted by atomic mass is 10.1. The minimum Gasteiger partial charge on any atom is -0.322 e. The highest BCUT2D eigenvalue weighted by atomic mass is 32.2. The predicted octanol–water partition coefficient (Wildman–Crippen LogP) is 5.80. The molecule has 1 saturated heterocycles. The van der Waals surface area contributed by atoms with E-state index in [1.54, 1.807) is 19.1 Å². The van der Waals surface area contributed by atoms with Gasteiger partial charge in [0.2, 0.25) is 0 Å². The van der Waals surface area contributed by atoms with Gasteiger partial charge in [0.1, 0.15) is 5.82 Å². The normalized spacial score (nSPS) is 15.0. The minimum atomic E-state index is -0.332. The number of hydrogen-bond donors (Lipinski definition) is 1. The zero-order chi connectivity index (χ0) is 18.8. The van der Waals surface area contributed by atoms with Crippen molar-refractivity contribution in [1.29, 1.82) is 0 Å². The van der Waals surface area contributed by atoms with E-state index in [1.807, 2.05) is 41.7 Å². The third kappa shape index (κ3) is 4.12. The highest BCUT2D eigenvalue weighted by Gasteiger charge is 2.18. The molecule has 0 unspecified atom stereocenters. The van der Waals surface area contributed by atoms with Crippen molar-refractivity contribution in [2.45, 2.75) is 17.9 Å². The topological polar surface area (TPSA) is 42.0 Å². The molecule has 138 valence electrons. The van der Waals surface area contributed by atoms with Crippen LogP contribution in [0, 0.1) is 12.7 Å². The van der Waals surface area contributed by atoms with Gasteiger partial charge in [-0.3, -0.25) is 9.78 Å². The second-order valence-electron chi connectivity index (χ2n) is 6.47. The Labute approximate surface area is 166 Å². The zero-order valence-corrected chi connectivity index (χ0v) is 16.5. The summed E-state index contributed by atoms with van der Waals surface area (Å²) in [6.07, 6.45) is 1.25. The number of halogens is 1. The third-order valence-electron chi connectivity index (χ3n) is 4.46. The molecule has 0 spiro atoms. The van der Waals surface area contributed by atoms with E-state index in [1.165, 1.54) is 35.6 Å². The minimum absolute atomic E-state index is 0.202. The third-order valence-corrected chi connectivity index (χ3v) is 7.47. The number of aromatic nitrogens is 1. The quantitative estimate of drug-likeness (QED) is 0.605. The maximum Gasteiger partial charge on any atom is 0.257 e. The van der Waals surface area contributed by atoms with E-state index in [9.17, 15) is 9.18 Å². The van der Waals surface area contributed by atoms with Gasteiger partial charge in [-0.2, -0.15) is 0 Å². The van der Waals surface area contributed by atoms with Gasteiger partial charge >= 0.3 is 0 Å². The maximum atomic E-state index is 13.4. The molecule has 27 heavy (non-hydrogen) atoms. The summed E-state index contributed by atoms with van der Waals surface area (Å²) in [6, 6.07) is 14.2. The van der Waals surface area contributed by atoms with Crippen LogP contribution < -0.4 is 5.32 Å². The van der Waals surface area contributed by atoms with E-state index in [2.05, 4.69) is 16.4 Å². The number of amides is 1. The Morgan fingerprint density at radius 3 is 2.78 bits per heavy atom. The molecule has 1 amide bonds. The van der Waals surface area contributed by atoms with E-state index < -0.39 is 0 Å². The molecule has 1 N–H and O–H groups in total. The van der Waals surface area contributed by atoms with Gasteiger partial charge in [0, 0.05) is 17.1 Å². The molecule has 1 aromatic heterocycles. The number of nitrogens with zero attached hydrogens (tertiary/aromatic N) is 1. The molecule has 3 aromatic rings. The number of benzene rings is 2. The lowest BCUT2D eigenvalue weighted by Crippen LogP contribution is -2.14. The number of carbonyl (C=O) groups excluding carboxylic acids is 1. The number of aryl methyl sites for hydroxylation is 1. The highest BCUT2D eigenvalue weighted by Crippen LogP contribution is 2.44. The van der Waals surface area contributed by atoms with Gasteiger partial charge in [-0.05, 0) is 60.7 Å². The van der Waals surface area contributed by atoms with E-state index in [-0.39, 0.29) is 11.7 Å². The standard InChI is InChI=1S/C21H19FN2OS2/c1-13-18(11-14-6-7-16(22)12-19(14)23-13)20(25)24-17-5-2-4-15(10-17)21-26-8-3-9-27-21/h2,4-7,10-12,21H,3,8-9H2,1H3,(H,24,25). The Hall–Kier alpha value is -2.05. The van der Waals surface area contributed by atoms with Crippen LogP contribution in [0.25, 0.3) is 10.9 Å². The number of rotatable bonds is 3. The first-order valence-corrected chi connectivity index (χ1v) is 10.9. The van der Waals surface area contributed by atoms with Crippen LogP contribution in [0.4, 0.5) is 10.1 Å². The second-order valence-corrected chi connectivity index (χ2v) is 9.19. The Bertz CT molecular complexity index is 1000. The fourth-order valence-electron chi connectivity index (χ4n) is 3.11. The number of nitrogens with one attached hydrogen (secondary N) is 1. The Morgan fingerprint density at radius 2 is 1.96 bits per heavy atom. The zero-order valence-electron chi connectivity index (χ0n) is 14.9. The predicted molar refractivity (Wildman–Crippen MR) is 113 cm³/mol. The largest absolute Gasteiger partial charge is 0.322 e. The molecule has 0 aliphatic carbocycles. The van der Waals surface area contributed by atoms with Crippen LogP contribution in [0.2, 0.25) is 0 Å². The van der Waals surface area contributed by atoms with Crippen LogP contribution in [0.5, 0.6) is 0 Å². The van der Waals surface area contributed by atoms with Gasteiger partial charge < -0.3 is 5.32 Å². The average molecular weight is 399 g/mol. The Morgan fingerprint density at radius 1 is 1.15 bits per heavy atom. The monoisotopic (exact) mass is 398 g/mol. The molecule has 0 atom stereocenters. The second kappa shape index (κ2) is 7.90.